The summed E-state index contributed by atoms with van der Waals surface area (Å²) in [6, 6.07) is 22.9. The van der Waals surface area contributed by atoms with Crippen LogP contribution in [0.2, 0.25) is 0 Å². The molecule has 4 aliphatic rings. The molecule has 14 heteroatoms. The Hall–Kier alpha value is -5.54. The zero-order valence-corrected chi connectivity index (χ0v) is 33.2. The number of esters is 3. The van der Waals surface area contributed by atoms with Gasteiger partial charge >= 0.3 is 17.9 Å². The van der Waals surface area contributed by atoms with Crippen LogP contribution in [0.25, 0.3) is 0 Å². The summed E-state index contributed by atoms with van der Waals surface area (Å²) in [6.45, 7) is 6.60. The van der Waals surface area contributed by atoms with Gasteiger partial charge in [0.25, 0.3) is 5.91 Å². The normalized spacial score (nSPS) is 31.8. The van der Waals surface area contributed by atoms with Gasteiger partial charge in [-0.2, -0.15) is 0 Å². The Bertz CT molecular complexity index is 2210. The van der Waals surface area contributed by atoms with Crippen LogP contribution >= 0.6 is 0 Å². The lowest BCUT2D eigenvalue weighted by Gasteiger charge is -2.66. The number of hydrogen-bond donors (Lipinski definition) is 4. The van der Waals surface area contributed by atoms with Crippen LogP contribution in [0.3, 0.4) is 0 Å². The maximum absolute atomic E-state index is 14.9. The molecule has 3 aliphatic carbocycles. The number of Topliss-reactive ketones (excluding diaryl/α,β-unsaturated/α-hetero) is 2. The van der Waals surface area contributed by atoms with E-state index < -0.39 is 106 Å². The fourth-order valence-corrected chi connectivity index (χ4v) is 9.72. The smallest absolute Gasteiger partial charge is 0.338 e. The van der Waals surface area contributed by atoms with E-state index in [1.54, 1.807) is 78.9 Å². The highest BCUT2D eigenvalue weighted by Gasteiger charge is 2.78. The van der Waals surface area contributed by atoms with Gasteiger partial charge in [0.2, 0.25) is 11.6 Å². The molecule has 14 nitrogen and oxygen atoms in total. The average Bonchev–Trinajstić information content (AvgIpc) is 3.21. The third-order valence-corrected chi connectivity index (χ3v) is 13.0. The topological polar surface area (TPSA) is 212 Å². The number of hydrogen-bond acceptors (Lipinski definition) is 13. The molecule has 3 fully saturated rings. The predicted octanol–water partition coefficient (Wildman–Crippen LogP) is 3.37. The van der Waals surface area contributed by atoms with Crippen molar-refractivity contribution in [2.75, 3.05) is 6.61 Å². The summed E-state index contributed by atoms with van der Waals surface area (Å²) in [6.07, 6.45) is -8.76. The fraction of sp³-hybridized carbons (Fsp3) is 0.422. The van der Waals surface area contributed by atoms with Crippen LogP contribution in [-0.4, -0.2) is 99.0 Å². The molecule has 0 aromatic heterocycles. The van der Waals surface area contributed by atoms with E-state index >= 15 is 0 Å². The summed E-state index contributed by atoms with van der Waals surface area (Å²) in [5.41, 5.74) is -7.50. The molecule has 0 radical (unpaired) electrons. The van der Waals surface area contributed by atoms with Crippen molar-refractivity contribution in [3.8, 4) is 0 Å². The summed E-state index contributed by atoms with van der Waals surface area (Å²) < 4.78 is 24.1. The lowest BCUT2D eigenvalue weighted by Crippen LogP contribution is -2.81. The summed E-state index contributed by atoms with van der Waals surface area (Å²) in [5.74, 6) is -7.33. The van der Waals surface area contributed by atoms with Crippen molar-refractivity contribution >= 4 is 35.4 Å². The second-order valence-corrected chi connectivity index (χ2v) is 16.6. The third kappa shape index (κ3) is 6.68. The van der Waals surface area contributed by atoms with E-state index in [1.165, 1.54) is 39.8 Å². The Morgan fingerprint density at radius 2 is 1.44 bits per heavy atom. The molecule has 10 atom stereocenters. The molecule has 2 bridgehead atoms. The number of aliphatic hydroxyl groups is 3. The SMILES string of the molecule is CC(=O)O[C@@]12CO[C@@H]1C[C@@H](O)[C@@]1(C)C(=O)C(=O)C3=C(C)[C@@H](OC(=O)[C@H](O)[C@@H](NC(=O)c4ccccc4)c4ccccc4)C[C@@](O)([C@@H](OC(=O)c4ccccc4)C12)C3(C)C. The van der Waals surface area contributed by atoms with Gasteiger partial charge < -0.3 is 39.6 Å². The highest BCUT2D eigenvalue weighted by Crippen LogP contribution is 2.63. The maximum atomic E-state index is 14.9. The van der Waals surface area contributed by atoms with Crippen molar-refractivity contribution < 1.29 is 63.0 Å². The Kier molecular flexibility index (Phi) is 10.8. The summed E-state index contributed by atoms with van der Waals surface area (Å²) >= 11 is 0. The minimum absolute atomic E-state index is 0.0673. The molecule has 4 N–H and O–H groups in total. The molecule has 7 rings (SSSR count). The number of aliphatic hydroxyl groups excluding tert-OH is 2. The number of ketones is 2. The van der Waals surface area contributed by atoms with E-state index in [2.05, 4.69) is 5.32 Å². The Balaban J connectivity index is 1.35. The first-order valence-corrected chi connectivity index (χ1v) is 19.5. The maximum Gasteiger partial charge on any atom is 0.338 e. The van der Waals surface area contributed by atoms with Crippen molar-refractivity contribution in [1.82, 2.24) is 5.32 Å². The zero-order chi connectivity index (χ0) is 42.7. The predicted molar refractivity (Wildman–Crippen MR) is 207 cm³/mol. The van der Waals surface area contributed by atoms with Gasteiger partial charge in [-0.3, -0.25) is 19.2 Å². The van der Waals surface area contributed by atoms with Crippen LogP contribution in [0.5, 0.6) is 0 Å². The van der Waals surface area contributed by atoms with E-state index in [9.17, 15) is 44.1 Å². The largest absolute Gasteiger partial charge is 0.456 e. The Morgan fingerprint density at radius 1 is 0.864 bits per heavy atom. The van der Waals surface area contributed by atoms with Crippen LogP contribution in [0, 0.1) is 16.7 Å². The molecule has 1 heterocycles. The van der Waals surface area contributed by atoms with E-state index in [4.69, 9.17) is 18.9 Å². The number of amides is 1. The molecule has 59 heavy (non-hydrogen) atoms. The number of ether oxygens (including phenoxy) is 4. The highest BCUT2D eigenvalue weighted by molar-refractivity contribution is 6.46. The summed E-state index contributed by atoms with van der Waals surface area (Å²) in [4.78, 5) is 84.1. The van der Waals surface area contributed by atoms with Crippen molar-refractivity contribution in [2.24, 2.45) is 16.7 Å². The minimum Gasteiger partial charge on any atom is -0.456 e. The van der Waals surface area contributed by atoms with Crippen molar-refractivity contribution in [3.63, 3.8) is 0 Å². The van der Waals surface area contributed by atoms with Gasteiger partial charge in [0.1, 0.15) is 23.9 Å². The van der Waals surface area contributed by atoms with Gasteiger partial charge in [0.05, 0.1) is 35.6 Å². The first kappa shape index (κ1) is 41.6. The summed E-state index contributed by atoms with van der Waals surface area (Å²) in [5, 5.41) is 39.6. The van der Waals surface area contributed by atoms with E-state index in [0.717, 1.165) is 6.92 Å². The van der Waals surface area contributed by atoms with E-state index in [-0.39, 0.29) is 35.3 Å². The monoisotopic (exact) mass is 809 g/mol. The number of carbonyl (C=O) groups excluding carboxylic acids is 6. The van der Waals surface area contributed by atoms with Crippen molar-refractivity contribution in [3.05, 3.63) is 119 Å². The quantitative estimate of drug-likeness (QED) is 0.139. The van der Waals surface area contributed by atoms with Gasteiger partial charge in [0, 0.05) is 36.3 Å². The Labute approximate surface area is 340 Å². The molecule has 3 aromatic carbocycles. The number of carbonyl (C=O) groups is 6. The van der Waals surface area contributed by atoms with Crippen LogP contribution < -0.4 is 5.32 Å². The molecule has 1 unspecified atom stereocenters. The lowest BCUT2D eigenvalue weighted by molar-refractivity contribution is -0.343. The van der Waals surface area contributed by atoms with Gasteiger partial charge in [-0.05, 0) is 49.2 Å². The third-order valence-electron chi connectivity index (χ3n) is 13.0. The molecule has 1 aliphatic heterocycles. The molecular formula is C45H47NO13. The van der Waals surface area contributed by atoms with Crippen molar-refractivity contribution in [2.45, 2.75) is 95.2 Å². The minimum atomic E-state index is -2.41. The molecule has 2 saturated carbocycles. The van der Waals surface area contributed by atoms with Gasteiger partial charge in [-0.1, -0.05) is 80.6 Å². The number of rotatable bonds is 9. The van der Waals surface area contributed by atoms with Crippen LogP contribution in [0.4, 0.5) is 0 Å². The number of nitrogens with one attached hydrogen (secondary N) is 1. The average molecular weight is 810 g/mol. The fourth-order valence-electron chi connectivity index (χ4n) is 9.72. The highest BCUT2D eigenvalue weighted by atomic mass is 16.6. The van der Waals surface area contributed by atoms with E-state index in [0.29, 0.717) is 5.56 Å². The lowest BCUT2D eigenvalue weighted by atomic mass is 9.45. The van der Waals surface area contributed by atoms with Crippen molar-refractivity contribution in [1.29, 1.82) is 0 Å². The van der Waals surface area contributed by atoms with Gasteiger partial charge in [-0.15, -0.1) is 0 Å². The molecule has 1 saturated heterocycles. The second-order valence-electron chi connectivity index (χ2n) is 16.6. The second kappa shape index (κ2) is 15.2. The van der Waals surface area contributed by atoms with Gasteiger partial charge in [0.15, 0.2) is 11.7 Å². The number of fused-ring (bicyclic) bond motifs is 5. The standard InChI is InChI=1S/C45H47NO13/c1-24-29(57-41(54)35(50)33(26-15-9-6-10-16-26)46-39(52)27-17-11-7-12-18-27)22-45(55)38(58-40(53)28-19-13-8-14-20-28)36-43(5,37(51)34(49)32(24)42(45,3)4)30(48)21-31-44(36,23-56-31)59-25(2)47/h6-20,29-31,33,35-36,38,48,50,55H,21-23H2,1-5H3,(H,46,52)/t29-,30+,31+,33-,35+,36?,38-,43+,44-,45+/m0/s1. The first-order chi connectivity index (χ1) is 27.9. The Morgan fingerprint density at radius 3 is 2.00 bits per heavy atom. The van der Waals surface area contributed by atoms with Crippen LogP contribution in [0.1, 0.15) is 79.8 Å². The van der Waals surface area contributed by atoms with Crippen LogP contribution in [0.15, 0.2) is 102 Å². The zero-order valence-electron chi connectivity index (χ0n) is 33.2. The van der Waals surface area contributed by atoms with Gasteiger partial charge in [-0.25, -0.2) is 9.59 Å². The number of benzene rings is 3. The molecule has 3 aromatic rings. The first-order valence-electron chi connectivity index (χ1n) is 19.5. The van der Waals surface area contributed by atoms with E-state index in [1.807, 2.05) is 0 Å². The molecule has 1 amide bonds. The van der Waals surface area contributed by atoms with Crippen LogP contribution in [-0.2, 0) is 38.1 Å². The molecular weight excluding hydrogens is 762 g/mol. The summed E-state index contributed by atoms with van der Waals surface area (Å²) in [7, 11) is 0. The molecule has 310 valence electrons. The molecule has 0 spiro atoms.